The first-order chi connectivity index (χ1) is 13.2. The maximum absolute atomic E-state index is 13.1. The van der Waals surface area contributed by atoms with E-state index in [0.717, 1.165) is 36.2 Å². The lowest BCUT2D eigenvalue weighted by Crippen LogP contribution is -2.39. The molecule has 4 rings (SSSR count). The molecule has 1 amide bonds. The lowest BCUT2D eigenvalue weighted by atomic mass is 10.0. The number of fused-ring (bicyclic) bond motifs is 1. The van der Waals surface area contributed by atoms with Crippen molar-refractivity contribution in [2.45, 2.75) is 25.3 Å². The van der Waals surface area contributed by atoms with E-state index in [9.17, 15) is 4.79 Å². The molecule has 0 N–H and O–H groups in total. The van der Waals surface area contributed by atoms with E-state index >= 15 is 0 Å². The number of nitrogens with zero attached hydrogens (tertiary/aromatic N) is 2. The molecule has 1 fully saturated rings. The normalized spacial score (nSPS) is 15.3. The highest BCUT2D eigenvalue weighted by Crippen LogP contribution is 2.25. The third kappa shape index (κ3) is 4.42. The van der Waals surface area contributed by atoms with Crippen molar-refractivity contribution < 1.29 is 9.21 Å². The van der Waals surface area contributed by atoms with Crippen LogP contribution in [-0.4, -0.2) is 42.4 Å². The first kappa shape index (κ1) is 20.5. The molecule has 2 heterocycles. The van der Waals surface area contributed by atoms with E-state index in [0.29, 0.717) is 6.42 Å². The van der Waals surface area contributed by atoms with Gasteiger partial charge in [0.15, 0.2) is 0 Å². The van der Waals surface area contributed by atoms with Crippen molar-refractivity contribution in [1.82, 2.24) is 9.80 Å². The highest BCUT2D eigenvalue weighted by Gasteiger charge is 2.25. The third-order valence-corrected chi connectivity index (χ3v) is 5.60. The van der Waals surface area contributed by atoms with Crippen molar-refractivity contribution in [1.29, 1.82) is 0 Å². The van der Waals surface area contributed by atoms with Crippen LogP contribution in [0.15, 0.2) is 65.3 Å². The van der Waals surface area contributed by atoms with E-state index < -0.39 is 0 Å². The largest absolute Gasteiger partial charge is 0.464 e. The number of amides is 1. The van der Waals surface area contributed by atoms with Gasteiger partial charge in [0.2, 0.25) is 5.91 Å². The number of furan rings is 1. The number of likely N-dealkylation sites (N-methyl/N-ethyl adjacent to an activating group) is 1. The Balaban J connectivity index is 0.00000225. The lowest BCUT2D eigenvalue weighted by Gasteiger charge is -2.32. The van der Waals surface area contributed by atoms with Gasteiger partial charge in [-0.3, -0.25) is 4.79 Å². The van der Waals surface area contributed by atoms with Gasteiger partial charge in [0.25, 0.3) is 0 Å². The Morgan fingerprint density at radius 1 is 1.07 bits per heavy atom. The maximum Gasteiger partial charge on any atom is 0.227 e. The fourth-order valence-corrected chi connectivity index (χ4v) is 4.01. The summed E-state index contributed by atoms with van der Waals surface area (Å²) in [6, 6.07) is 18.3. The van der Waals surface area contributed by atoms with Crippen molar-refractivity contribution in [3.63, 3.8) is 0 Å². The molecular weight excluding hydrogens is 368 g/mol. The summed E-state index contributed by atoms with van der Waals surface area (Å²) in [5, 5.41) is 1.02. The number of rotatable bonds is 6. The van der Waals surface area contributed by atoms with Crippen LogP contribution in [0.25, 0.3) is 11.0 Å². The molecule has 148 valence electrons. The van der Waals surface area contributed by atoms with E-state index in [1.54, 1.807) is 6.26 Å². The van der Waals surface area contributed by atoms with Crippen LogP contribution in [0.4, 0.5) is 0 Å². The monoisotopic (exact) mass is 396 g/mol. The molecule has 0 radical (unpaired) electrons. The molecule has 0 unspecified atom stereocenters. The number of likely N-dealkylation sites (tertiary alicyclic amines) is 1. The van der Waals surface area contributed by atoms with Crippen LogP contribution in [0.1, 0.15) is 30.0 Å². The predicted octanol–water partition coefficient (Wildman–Crippen LogP) is 4.38. The Hall–Kier alpha value is -2.24. The minimum atomic E-state index is 0. The standard InChI is InChI=1S/C23H26N2O2.H2S/c1-24(23(26)16-19-10-7-11-22-20(19)12-15-27-22)21(17-25-13-5-6-14-25)18-8-3-2-4-9-18;/h2-4,7-12,15,21H,5-6,13-14,16-17H2,1H3;1H2/t21-;/m1./s1. The van der Waals surface area contributed by atoms with Gasteiger partial charge in [0.1, 0.15) is 5.58 Å². The molecule has 3 aromatic rings. The molecule has 2 aromatic carbocycles. The second kappa shape index (κ2) is 9.30. The first-order valence-electron chi connectivity index (χ1n) is 9.70. The van der Waals surface area contributed by atoms with Crippen molar-refractivity contribution in [2.24, 2.45) is 0 Å². The number of benzene rings is 2. The van der Waals surface area contributed by atoms with Gasteiger partial charge in [0, 0.05) is 19.0 Å². The zero-order valence-corrected chi connectivity index (χ0v) is 17.3. The van der Waals surface area contributed by atoms with Crippen molar-refractivity contribution >= 4 is 30.4 Å². The predicted molar refractivity (Wildman–Crippen MR) is 118 cm³/mol. The fraction of sp³-hybridized carbons (Fsp3) is 0.348. The van der Waals surface area contributed by atoms with Crippen LogP contribution in [-0.2, 0) is 11.2 Å². The van der Waals surface area contributed by atoms with Crippen LogP contribution >= 0.6 is 13.5 Å². The molecular formula is C23H28N2O2S. The lowest BCUT2D eigenvalue weighted by molar-refractivity contribution is -0.131. The van der Waals surface area contributed by atoms with Gasteiger partial charge in [-0.25, -0.2) is 0 Å². The summed E-state index contributed by atoms with van der Waals surface area (Å²) in [7, 11) is 1.94. The Morgan fingerprint density at radius 3 is 2.57 bits per heavy atom. The topological polar surface area (TPSA) is 36.7 Å². The minimum absolute atomic E-state index is 0. The highest BCUT2D eigenvalue weighted by atomic mass is 32.1. The summed E-state index contributed by atoms with van der Waals surface area (Å²) < 4.78 is 5.47. The summed E-state index contributed by atoms with van der Waals surface area (Å²) in [5.41, 5.74) is 3.05. The molecule has 0 bridgehead atoms. The van der Waals surface area contributed by atoms with E-state index in [2.05, 4.69) is 29.2 Å². The average Bonchev–Trinajstić information content (AvgIpc) is 3.38. The zero-order chi connectivity index (χ0) is 18.6. The second-order valence-corrected chi connectivity index (χ2v) is 7.37. The molecule has 5 heteroatoms. The Kier molecular flexibility index (Phi) is 6.81. The molecule has 0 saturated carbocycles. The van der Waals surface area contributed by atoms with Crippen LogP contribution in [0, 0.1) is 0 Å². The molecule has 0 spiro atoms. The van der Waals surface area contributed by atoms with E-state index in [1.807, 2.05) is 42.3 Å². The molecule has 1 aliphatic heterocycles. The van der Waals surface area contributed by atoms with Gasteiger partial charge in [-0.15, -0.1) is 0 Å². The smallest absolute Gasteiger partial charge is 0.227 e. The number of hydrogen-bond acceptors (Lipinski definition) is 3. The maximum atomic E-state index is 13.1. The molecule has 1 saturated heterocycles. The Labute approximate surface area is 173 Å². The van der Waals surface area contributed by atoms with Gasteiger partial charge < -0.3 is 14.2 Å². The average molecular weight is 397 g/mol. The second-order valence-electron chi connectivity index (χ2n) is 7.37. The SMILES string of the molecule is CN(C(=O)Cc1cccc2occc12)[C@H](CN1CCCC1)c1ccccc1.S. The molecule has 1 aromatic heterocycles. The highest BCUT2D eigenvalue weighted by molar-refractivity contribution is 7.59. The van der Waals surface area contributed by atoms with Gasteiger partial charge in [-0.2, -0.15) is 13.5 Å². The molecule has 28 heavy (non-hydrogen) atoms. The van der Waals surface area contributed by atoms with Gasteiger partial charge in [-0.1, -0.05) is 42.5 Å². The summed E-state index contributed by atoms with van der Waals surface area (Å²) in [6.45, 7) is 3.14. The Morgan fingerprint density at radius 2 is 1.82 bits per heavy atom. The first-order valence-corrected chi connectivity index (χ1v) is 9.70. The van der Waals surface area contributed by atoms with Crippen molar-refractivity contribution in [3.8, 4) is 0 Å². The third-order valence-electron chi connectivity index (χ3n) is 5.60. The fourth-order valence-electron chi connectivity index (χ4n) is 4.01. The summed E-state index contributed by atoms with van der Waals surface area (Å²) in [5.74, 6) is 0.136. The van der Waals surface area contributed by atoms with Crippen LogP contribution < -0.4 is 0 Å². The van der Waals surface area contributed by atoms with Gasteiger partial charge in [-0.05, 0) is 49.2 Å². The molecule has 0 aliphatic carbocycles. The minimum Gasteiger partial charge on any atom is -0.464 e. The number of carbonyl (C=O) groups excluding carboxylic acids is 1. The molecule has 4 nitrogen and oxygen atoms in total. The van der Waals surface area contributed by atoms with Crippen LogP contribution in [0.2, 0.25) is 0 Å². The van der Waals surface area contributed by atoms with Crippen LogP contribution in [0.5, 0.6) is 0 Å². The summed E-state index contributed by atoms with van der Waals surface area (Å²) in [6.07, 6.45) is 4.57. The molecule has 1 aliphatic rings. The quantitative estimate of drug-likeness (QED) is 0.620. The van der Waals surface area contributed by atoms with Gasteiger partial charge in [0.05, 0.1) is 18.7 Å². The van der Waals surface area contributed by atoms with Crippen molar-refractivity contribution in [2.75, 3.05) is 26.7 Å². The summed E-state index contributed by atoms with van der Waals surface area (Å²) in [4.78, 5) is 17.5. The zero-order valence-electron chi connectivity index (χ0n) is 16.3. The van der Waals surface area contributed by atoms with Crippen molar-refractivity contribution in [3.05, 3.63) is 72.0 Å². The van der Waals surface area contributed by atoms with Crippen LogP contribution in [0.3, 0.4) is 0 Å². The van der Waals surface area contributed by atoms with Gasteiger partial charge >= 0.3 is 0 Å². The van der Waals surface area contributed by atoms with E-state index in [1.165, 1.54) is 18.4 Å². The Bertz CT molecular complexity index is 903. The molecule has 1 atom stereocenters. The van der Waals surface area contributed by atoms with E-state index in [4.69, 9.17) is 4.42 Å². The number of hydrogen-bond donors (Lipinski definition) is 0. The number of carbonyl (C=O) groups is 1. The summed E-state index contributed by atoms with van der Waals surface area (Å²) >= 11 is 0. The van der Waals surface area contributed by atoms with E-state index in [-0.39, 0.29) is 25.4 Å².